The van der Waals surface area contributed by atoms with E-state index in [2.05, 4.69) is 10.6 Å². The quantitative estimate of drug-likeness (QED) is 0.673. The van der Waals surface area contributed by atoms with Gasteiger partial charge in [-0.2, -0.15) is 0 Å². The second-order valence-electron chi connectivity index (χ2n) is 5.63. The van der Waals surface area contributed by atoms with Crippen molar-refractivity contribution >= 4 is 11.8 Å². The number of hydrogen-bond acceptors (Lipinski definition) is 3. The number of rotatable bonds is 5. The molecule has 0 bridgehead atoms. The summed E-state index contributed by atoms with van der Waals surface area (Å²) in [6, 6.07) is 0. The van der Waals surface area contributed by atoms with Crippen molar-refractivity contribution in [2.75, 3.05) is 6.54 Å². The zero-order valence-electron chi connectivity index (χ0n) is 11.5. The molecule has 0 aromatic heterocycles. The van der Waals surface area contributed by atoms with Crippen LogP contribution in [0.5, 0.6) is 0 Å². The number of nitrogens with one attached hydrogen (secondary N) is 2. The Morgan fingerprint density at radius 1 is 1.33 bits per heavy atom. The standard InChI is InChI=1S/C13H24N2O3/c1-9(16)15-13(2,3)12(18)14-8-11(17)10-6-4-5-7-10/h10-11,17H,4-8H2,1-3H3,(H,14,18)(H,15,16). The maximum atomic E-state index is 11.9. The van der Waals surface area contributed by atoms with Crippen molar-refractivity contribution in [3.05, 3.63) is 0 Å². The van der Waals surface area contributed by atoms with Gasteiger partial charge in [0.05, 0.1) is 6.10 Å². The molecule has 0 aliphatic heterocycles. The Morgan fingerprint density at radius 2 is 1.89 bits per heavy atom. The number of aliphatic hydroxyl groups excluding tert-OH is 1. The molecule has 1 saturated carbocycles. The van der Waals surface area contributed by atoms with Crippen LogP contribution in [0.1, 0.15) is 46.5 Å². The molecule has 0 aromatic rings. The van der Waals surface area contributed by atoms with E-state index in [9.17, 15) is 14.7 Å². The predicted octanol–water partition coefficient (Wildman–Crippen LogP) is 0.568. The zero-order chi connectivity index (χ0) is 13.8. The van der Waals surface area contributed by atoms with E-state index in [0.717, 1.165) is 25.7 Å². The summed E-state index contributed by atoms with van der Waals surface area (Å²) in [4.78, 5) is 22.9. The highest BCUT2D eigenvalue weighted by Gasteiger charge is 2.30. The van der Waals surface area contributed by atoms with Crippen LogP contribution >= 0.6 is 0 Å². The van der Waals surface area contributed by atoms with Crippen molar-refractivity contribution in [2.45, 2.75) is 58.1 Å². The van der Waals surface area contributed by atoms with Crippen LogP contribution in [0, 0.1) is 5.92 Å². The predicted molar refractivity (Wildman–Crippen MR) is 68.9 cm³/mol. The van der Waals surface area contributed by atoms with Gasteiger partial charge >= 0.3 is 0 Å². The molecular formula is C13H24N2O3. The summed E-state index contributed by atoms with van der Waals surface area (Å²) >= 11 is 0. The molecule has 1 fully saturated rings. The molecule has 5 heteroatoms. The topological polar surface area (TPSA) is 78.4 Å². The Balaban J connectivity index is 2.37. The molecule has 0 radical (unpaired) electrons. The Morgan fingerprint density at radius 3 is 2.39 bits per heavy atom. The Labute approximate surface area is 108 Å². The van der Waals surface area contributed by atoms with Crippen LogP contribution in [0.25, 0.3) is 0 Å². The van der Waals surface area contributed by atoms with Crippen LogP contribution in [-0.2, 0) is 9.59 Å². The number of aliphatic hydroxyl groups is 1. The van der Waals surface area contributed by atoms with Crippen LogP contribution < -0.4 is 10.6 Å². The molecule has 18 heavy (non-hydrogen) atoms. The molecule has 2 amide bonds. The van der Waals surface area contributed by atoms with Gasteiger partial charge in [0.15, 0.2) is 0 Å². The van der Waals surface area contributed by atoms with Gasteiger partial charge in [0, 0.05) is 13.5 Å². The van der Waals surface area contributed by atoms with E-state index in [1.165, 1.54) is 6.92 Å². The molecule has 0 saturated heterocycles. The monoisotopic (exact) mass is 256 g/mol. The van der Waals surface area contributed by atoms with Gasteiger partial charge in [-0.25, -0.2) is 0 Å². The minimum atomic E-state index is -0.943. The van der Waals surface area contributed by atoms with E-state index in [1.54, 1.807) is 13.8 Å². The van der Waals surface area contributed by atoms with Gasteiger partial charge in [-0.1, -0.05) is 12.8 Å². The highest BCUT2D eigenvalue weighted by atomic mass is 16.3. The first kappa shape index (κ1) is 15.0. The second-order valence-corrected chi connectivity index (χ2v) is 5.63. The van der Waals surface area contributed by atoms with Crippen molar-refractivity contribution in [3.63, 3.8) is 0 Å². The number of amides is 2. The van der Waals surface area contributed by atoms with Crippen molar-refractivity contribution in [3.8, 4) is 0 Å². The third kappa shape index (κ3) is 4.29. The first-order valence-electron chi connectivity index (χ1n) is 6.58. The first-order chi connectivity index (χ1) is 8.33. The van der Waals surface area contributed by atoms with Crippen LogP contribution in [0.4, 0.5) is 0 Å². The van der Waals surface area contributed by atoms with E-state index in [4.69, 9.17) is 0 Å². The Hall–Kier alpha value is -1.10. The van der Waals surface area contributed by atoms with Crippen LogP contribution in [0.2, 0.25) is 0 Å². The minimum Gasteiger partial charge on any atom is -0.391 e. The highest BCUT2D eigenvalue weighted by molar-refractivity contribution is 5.90. The molecule has 1 aliphatic carbocycles. The Bertz CT molecular complexity index is 309. The van der Waals surface area contributed by atoms with E-state index in [1.807, 2.05) is 0 Å². The Kier molecular flexibility index (Phi) is 5.14. The maximum absolute atomic E-state index is 11.9. The largest absolute Gasteiger partial charge is 0.391 e. The van der Waals surface area contributed by atoms with Gasteiger partial charge in [0.1, 0.15) is 5.54 Å². The van der Waals surface area contributed by atoms with Crippen molar-refractivity contribution < 1.29 is 14.7 Å². The first-order valence-corrected chi connectivity index (χ1v) is 6.58. The van der Waals surface area contributed by atoms with Crippen molar-refractivity contribution in [1.29, 1.82) is 0 Å². The summed E-state index contributed by atoms with van der Waals surface area (Å²) < 4.78 is 0. The van der Waals surface area contributed by atoms with Gasteiger partial charge in [-0.3, -0.25) is 9.59 Å². The van der Waals surface area contributed by atoms with Gasteiger partial charge in [-0.15, -0.1) is 0 Å². The lowest BCUT2D eigenvalue weighted by atomic mass is 10.00. The molecule has 5 nitrogen and oxygen atoms in total. The van der Waals surface area contributed by atoms with E-state index in [0.29, 0.717) is 5.92 Å². The summed E-state index contributed by atoms with van der Waals surface area (Å²) in [6.07, 6.45) is 3.91. The molecule has 104 valence electrons. The molecule has 1 aliphatic rings. The van der Waals surface area contributed by atoms with Crippen molar-refractivity contribution in [2.24, 2.45) is 5.92 Å². The van der Waals surface area contributed by atoms with E-state index < -0.39 is 11.6 Å². The zero-order valence-corrected chi connectivity index (χ0v) is 11.5. The number of carbonyl (C=O) groups excluding carboxylic acids is 2. The normalized spacial score (nSPS) is 18.4. The summed E-state index contributed by atoms with van der Waals surface area (Å²) in [5.41, 5.74) is -0.943. The molecule has 3 N–H and O–H groups in total. The number of carbonyl (C=O) groups is 2. The molecule has 0 aromatic carbocycles. The lowest BCUT2D eigenvalue weighted by Gasteiger charge is -2.26. The summed E-state index contributed by atoms with van der Waals surface area (Å²) in [5, 5.41) is 15.2. The summed E-state index contributed by atoms with van der Waals surface area (Å²) in [6.45, 7) is 4.92. The SMILES string of the molecule is CC(=O)NC(C)(C)C(=O)NCC(O)C1CCCC1. The van der Waals surface area contributed by atoms with E-state index in [-0.39, 0.29) is 18.4 Å². The average molecular weight is 256 g/mol. The van der Waals surface area contributed by atoms with Gasteiger partial charge < -0.3 is 15.7 Å². The average Bonchev–Trinajstić information content (AvgIpc) is 2.76. The molecule has 1 rings (SSSR count). The van der Waals surface area contributed by atoms with Gasteiger partial charge in [0.2, 0.25) is 11.8 Å². The number of hydrogen-bond donors (Lipinski definition) is 3. The van der Waals surface area contributed by atoms with Crippen LogP contribution in [0.15, 0.2) is 0 Å². The molecular weight excluding hydrogens is 232 g/mol. The maximum Gasteiger partial charge on any atom is 0.245 e. The van der Waals surface area contributed by atoms with Gasteiger partial charge in [-0.05, 0) is 32.6 Å². The fourth-order valence-corrected chi connectivity index (χ4v) is 2.42. The van der Waals surface area contributed by atoms with Crippen LogP contribution in [0.3, 0.4) is 0 Å². The molecule has 1 unspecified atom stereocenters. The molecule has 1 atom stereocenters. The lowest BCUT2D eigenvalue weighted by molar-refractivity contribution is -0.131. The molecule has 0 heterocycles. The van der Waals surface area contributed by atoms with Crippen molar-refractivity contribution in [1.82, 2.24) is 10.6 Å². The fourth-order valence-electron chi connectivity index (χ4n) is 2.42. The third-order valence-corrected chi connectivity index (χ3v) is 3.47. The summed E-state index contributed by atoms with van der Waals surface area (Å²) in [5.74, 6) is -0.213. The third-order valence-electron chi connectivity index (χ3n) is 3.47. The lowest BCUT2D eigenvalue weighted by Crippen LogP contribution is -2.55. The smallest absolute Gasteiger partial charge is 0.245 e. The van der Waals surface area contributed by atoms with Crippen LogP contribution in [-0.4, -0.2) is 35.1 Å². The summed E-state index contributed by atoms with van der Waals surface area (Å²) in [7, 11) is 0. The van der Waals surface area contributed by atoms with Gasteiger partial charge in [0.25, 0.3) is 0 Å². The van der Waals surface area contributed by atoms with E-state index >= 15 is 0 Å². The highest BCUT2D eigenvalue weighted by Crippen LogP contribution is 2.27. The molecule has 0 spiro atoms. The minimum absolute atomic E-state index is 0.244. The second kappa shape index (κ2) is 6.18. The fraction of sp³-hybridized carbons (Fsp3) is 0.846.